The van der Waals surface area contributed by atoms with Crippen LogP contribution in [0.1, 0.15) is 47.2 Å². The summed E-state index contributed by atoms with van der Waals surface area (Å²) in [6.07, 6.45) is 1.68. The molecule has 0 amide bonds. The minimum Gasteiger partial charge on any atom is -0.461 e. The number of esters is 1. The maximum Gasteiger partial charge on any atom is 0.358 e. The van der Waals surface area contributed by atoms with Gasteiger partial charge in [-0.05, 0) is 19.9 Å². The second kappa shape index (κ2) is 6.59. The van der Waals surface area contributed by atoms with Crippen LogP contribution in [0.2, 0.25) is 0 Å². The van der Waals surface area contributed by atoms with E-state index >= 15 is 0 Å². The van der Waals surface area contributed by atoms with Gasteiger partial charge in [-0.3, -0.25) is 9.56 Å². The van der Waals surface area contributed by atoms with Gasteiger partial charge in [-0.25, -0.2) is 9.78 Å². The minimum absolute atomic E-state index is 0.237. The Morgan fingerprint density at radius 3 is 2.62 bits per heavy atom. The van der Waals surface area contributed by atoms with Crippen molar-refractivity contribution in [3.8, 4) is 5.69 Å². The molecule has 1 aromatic heterocycles. The van der Waals surface area contributed by atoms with Gasteiger partial charge < -0.3 is 4.74 Å². The van der Waals surface area contributed by atoms with Crippen LogP contribution in [0.25, 0.3) is 5.69 Å². The number of rotatable bonds is 3. The molecule has 0 bridgehead atoms. The van der Waals surface area contributed by atoms with Crippen molar-refractivity contribution in [1.29, 1.82) is 0 Å². The standard InChI is InChI=1S/C21H19N3O2/c1-3-26-21(25)19-20-14(2)23-18(15-9-5-4-6-10-15)16-11-7-8-12-17(16)24(20)13-22-19/h4-14H,3H2,1-2H3/t14-/m1/s1. The summed E-state index contributed by atoms with van der Waals surface area (Å²) < 4.78 is 7.13. The number of hydrogen-bond acceptors (Lipinski definition) is 4. The van der Waals surface area contributed by atoms with Gasteiger partial charge >= 0.3 is 5.97 Å². The third-order valence-corrected chi connectivity index (χ3v) is 4.46. The largest absolute Gasteiger partial charge is 0.461 e. The third kappa shape index (κ3) is 2.62. The molecule has 5 heteroatoms. The van der Waals surface area contributed by atoms with Crippen molar-refractivity contribution in [2.45, 2.75) is 19.9 Å². The highest BCUT2D eigenvalue weighted by atomic mass is 16.5. The van der Waals surface area contributed by atoms with E-state index in [1.807, 2.05) is 66.1 Å². The monoisotopic (exact) mass is 345 g/mol. The summed E-state index contributed by atoms with van der Waals surface area (Å²) in [4.78, 5) is 21.6. The van der Waals surface area contributed by atoms with E-state index in [1.165, 1.54) is 0 Å². The van der Waals surface area contributed by atoms with E-state index < -0.39 is 5.97 Å². The van der Waals surface area contributed by atoms with Crippen molar-refractivity contribution in [1.82, 2.24) is 9.55 Å². The number of imidazole rings is 1. The van der Waals surface area contributed by atoms with Crippen LogP contribution in [0.4, 0.5) is 0 Å². The maximum atomic E-state index is 12.4. The Bertz CT molecular complexity index is 990. The second-order valence-electron chi connectivity index (χ2n) is 6.11. The van der Waals surface area contributed by atoms with E-state index in [0.29, 0.717) is 12.3 Å². The van der Waals surface area contributed by atoms with Crippen LogP contribution in [0.15, 0.2) is 65.9 Å². The molecule has 0 saturated heterocycles. The molecule has 0 unspecified atom stereocenters. The highest BCUT2D eigenvalue weighted by Crippen LogP contribution is 2.32. The Morgan fingerprint density at radius 1 is 1.12 bits per heavy atom. The number of aliphatic imine (C=N–C) groups is 1. The van der Waals surface area contributed by atoms with Crippen molar-refractivity contribution in [3.63, 3.8) is 0 Å². The van der Waals surface area contributed by atoms with E-state index in [2.05, 4.69) is 4.98 Å². The van der Waals surface area contributed by atoms with Gasteiger partial charge in [0.1, 0.15) is 6.33 Å². The first-order chi connectivity index (χ1) is 12.7. The maximum absolute atomic E-state index is 12.4. The number of hydrogen-bond donors (Lipinski definition) is 0. The summed E-state index contributed by atoms with van der Waals surface area (Å²) >= 11 is 0. The lowest BCUT2D eigenvalue weighted by atomic mass is 10.0. The van der Waals surface area contributed by atoms with Gasteiger partial charge in [-0.1, -0.05) is 48.5 Å². The second-order valence-corrected chi connectivity index (χ2v) is 6.11. The summed E-state index contributed by atoms with van der Waals surface area (Å²) in [5.41, 5.74) is 5.00. The first kappa shape index (κ1) is 16.3. The zero-order chi connectivity index (χ0) is 18.1. The van der Waals surface area contributed by atoms with Gasteiger partial charge in [0.15, 0.2) is 5.69 Å². The molecule has 1 aliphatic rings. The summed E-state index contributed by atoms with van der Waals surface area (Å²) in [5, 5.41) is 0. The third-order valence-electron chi connectivity index (χ3n) is 4.46. The fourth-order valence-corrected chi connectivity index (χ4v) is 3.34. The topological polar surface area (TPSA) is 56.5 Å². The normalized spacial score (nSPS) is 15.5. The quantitative estimate of drug-likeness (QED) is 0.675. The van der Waals surface area contributed by atoms with Gasteiger partial charge in [-0.15, -0.1) is 0 Å². The number of ether oxygens (including phenoxy) is 1. The lowest BCUT2D eigenvalue weighted by molar-refractivity contribution is 0.0518. The molecule has 1 aliphatic heterocycles. The van der Waals surface area contributed by atoms with Crippen LogP contribution >= 0.6 is 0 Å². The molecule has 0 fully saturated rings. The molecule has 5 nitrogen and oxygen atoms in total. The van der Waals surface area contributed by atoms with Gasteiger partial charge in [0.25, 0.3) is 0 Å². The van der Waals surface area contributed by atoms with Gasteiger partial charge in [-0.2, -0.15) is 0 Å². The van der Waals surface area contributed by atoms with E-state index in [9.17, 15) is 4.79 Å². The average Bonchev–Trinajstić information content (AvgIpc) is 3.07. The highest BCUT2D eigenvalue weighted by Gasteiger charge is 2.28. The van der Waals surface area contributed by atoms with Gasteiger partial charge in [0.05, 0.1) is 29.7 Å². The Hall–Kier alpha value is -3.21. The molecule has 2 heterocycles. The summed E-state index contributed by atoms with van der Waals surface area (Å²) in [6.45, 7) is 4.08. The average molecular weight is 345 g/mol. The molecular formula is C21H19N3O2. The minimum atomic E-state index is -0.413. The van der Waals surface area contributed by atoms with Crippen LogP contribution in [0.5, 0.6) is 0 Å². The molecule has 0 aliphatic carbocycles. The first-order valence-corrected chi connectivity index (χ1v) is 8.68. The summed E-state index contributed by atoms with van der Waals surface area (Å²) in [7, 11) is 0. The SMILES string of the molecule is CCOC(=O)c1ncn2c1[C@@H](C)N=C(c1ccccc1)c1ccccc1-2. The molecule has 130 valence electrons. The molecule has 3 aromatic rings. The number of carbonyl (C=O) groups excluding carboxylic acids is 1. The molecule has 1 atom stereocenters. The van der Waals surface area contributed by atoms with E-state index in [0.717, 1.165) is 28.2 Å². The molecule has 0 saturated carbocycles. The zero-order valence-electron chi connectivity index (χ0n) is 14.7. The Kier molecular flexibility index (Phi) is 4.13. The molecule has 4 rings (SSSR count). The highest BCUT2D eigenvalue weighted by molar-refractivity contribution is 6.15. The molecule has 0 spiro atoms. The predicted molar refractivity (Wildman–Crippen MR) is 100 cm³/mol. The number of nitrogens with zero attached hydrogens (tertiary/aromatic N) is 3. The van der Waals surface area contributed by atoms with Crippen LogP contribution in [-0.4, -0.2) is 27.8 Å². The Labute approximate surface area is 152 Å². The first-order valence-electron chi connectivity index (χ1n) is 8.68. The Morgan fingerprint density at radius 2 is 1.85 bits per heavy atom. The van der Waals surface area contributed by atoms with Crippen LogP contribution < -0.4 is 0 Å². The fourth-order valence-electron chi connectivity index (χ4n) is 3.34. The smallest absolute Gasteiger partial charge is 0.358 e. The summed E-state index contributed by atoms with van der Waals surface area (Å²) in [5.74, 6) is -0.413. The molecule has 0 radical (unpaired) electrons. The van der Waals surface area contributed by atoms with Crippen LogP contribution in [0.3, 0.4) is 0 Å². The lowest BCUT2D eigenvalue weighted by Gasteiger charge is -2.11. The van der Waals surface area contributed by atoms with E-state index in [-0.39, 0.29) is 6.04 Å². The molecule has 0 N–H and O–H groups in total. The number of carbonyl (C=O) groups is 1. The van der Waals surface area contributed by atoms with Crippen LogP contribution in [0, 0.1) is 0 Å². The van der Waals surface area contributed by atoms with Crippen molar-refractivity contribution >= 4 is 11.7 Å². The van der Waals surface area contributed by atoms with Crippen molar-refractivity contribution in [2.24, 2.45) is 4.99 Å². The molecule has 2 aromatic carbocycles. The number of benzene rings is 2. The predicted octanol–water partition coefficient (Wildman–Crippen LogP) is 3.96. The number of para-hydroxylation sites is 1. The van der Waals surface area contributed by atoms with Gasteiger partial charge in [0, 0.05) is 11.1 Å². The van der Waals surface area contributed by atoms with Gasteiger partial charge in [0.2, 0.25) is 0 Å². The van der Waals surface area contributed by atoms with Crippen LogP contribution in [-0.2, 0) is 4.74 Å². The van der Waals surface area contributed by atoms with E-state index in [1.54, 1.807) is 13.3 Å². The number of aromatic nitrogens is 2. The molecular weight excluding hydrogens is 326 g/mol. The van der Waals surface area contributed by atoms with Crippen molar-refractivity contribution < 1.29 is 9.53 Å². The Balaban J connectivity index is 1.95. The lowest BCUT2D eigenvalue weighted by Crippen LogP contribution is -2.11. The number of fused-ring (bicyclic) bond motifs is 3. The van der Waals surface area contributed by atoms with Crippen molar-refractivity contribution in [2.75, 3.05) is 6.61 Å². The fraction of sp³-hybridized carbons (Fsp3) is 0.190. The zero-order valence-corrected chi connectivity index (χ0v) is 14.7. The van der Waals surface area contributed by atoms with Crippen molar-refractivity contribution in [3.05, 3.63) is 83.4 Å². The summed E-state index contributed by atoms with van der Waals surface area (Å²) in [6, 6.07) is 17.9. The molecule has 26 heavy (non-hydrogen) atoms. The van der Waals surface area contributed by atoms with E-state index in [4.69, 9.17) is 9.73 Å².